The van der Waals surface area contributed by atoms with Gasteiger partial charge in [0.15, 0.2) is 0 Å². The summed E-state index contributed by atoms with van der Waals surface area (Å²) in [6.45, 7) is 0.120. The van der Waals surface area contributed by atoms with Crippen molar-refractivity contribution in [1.82, 2.24) is 9.88 Å². The van der Waals surface area contributed by atoms with Crippen LogP contribution in [0.3, 0.4) is 0 Å². The van der Waals surface area contributed by atoms with E-state index >= 15 is 0 Å². The van der Waals surface area contributed by atoms with Gasteiger partial charge in [-0.15, -0.1) is 0 Å². The molecule has 2 fully saturated rings. The molecule has 1 aliphatic heterocycles. The van der Waals surface area contributed by atoms with Crippen molar-refractivity contribution >= 4 is 5.91 Å². The molecule has 2 aromatic rings. The first-order valence-corrected chi connectivity index (χ1v) is 8.16. The van der Waals surface area contributed by atoms with Crippen molar-refractivity contribution in [2.24, 2.45) is 0 Å². The smallest absolute Gasteiger partial charge is 0.256 e. The molecule has 0 bridgehead atoms. The average Bonchev–Trinajstić information content (AvgIpc) is 3.15. The summed E-state index contributed by atoms with van der Waals surface area (Å²) in [6, 6.07) is 4.28. The minimum atomic E-state index is -0.745. The van der Waals surface area contributed by atoms with E-state index in [1.807, 2.05) is 0 Å². The van der Waals surface area contributed by atoms with Crippen molar-refractivity contribution in [3.63, 3.8) is 0 Å². The highest BCUT2D eigenvalue weighted by Crippen LogP contribution is 2.42. The van der Waals surface area contributed by atoms with Crippen LogP contribution in [0, 0.1) is 11.6 Å². The van der Waals surface area contributed by atoms with E-state index < -0.39 is 23.8 Å². The van der Waals surface area contributed by atoms with Gasteiger partial charge in [-0.25, -0.2) is 8.78 Å². The SMILES string of the molecule is O=C(c1cc[nH]c1C1CC1)N1CC(O)CC1c1cc(F)ccc1F. The van der Waals surface area contributed by atoms with Crippen molar-refractivity contribution in [3.05, 3.63) is 58.9 Å². The van der Waals surface area contributed by atoms with E-state index in [-0.39, 0.29) is 24.4 Å². The number of halogens is 2. The maximum atomic E-state index is 14.2. The van der Waals surface area contributed by atoms with Crippen LogP contribution >= 0.6 is 0 Å². The zero-order valence-corrected chi connectivity index (χ0v) is 13.0. The second-order valence-corrected chi connectivity index (χ2v) is 6.61. The zero-order valence-electron chi connectivity index (χ0n) is 13.0. The Hall–Kier alpha value is -2.21. The Morgan fingerprint density at radius 2 is 2.04 bits per heavy atom. The van der Waals surface area contributed by atoms with Crippen LogP contribution in [-0.2, 0) is 0 Å². The Morgan fingerprint density at radius 1 is 1.25 bits per heavy atom. The molecule has 2 heterocycles. The summed E-state index contributed by atoms with van der Waals surface area (Å²) in [5.74, 6) is -0.996. The topological polar surface area (TPSA) is 56.3 Å². The van der Waals surface area contributed by atoms with E-state index in [2.05, 4.69) is 4.98 Å². The molecule has 6 heteroatoms. The van der Waals surface area contributed by atoms with Gasteiger partial charge in [-0.2, -0.15) is 0 Å². The first-order valence-electron chi connectivity index (χ1n) is 8.16. The molecule has 4 rings (SSSR count). The van der Waals surface area contributed by atoms with Crippen LogP contribution in [0.25, 0.3) is 0 Å². The highest BCUT2D eigenvalue weighted by Gasteiger charge is 2.39. The molecule has 4 nitrogen and oxygen atoms in total. The van der Waals surface area contributed by atoms with Gasteiger partial charge in [-0.1, -0.05) is 0 Å². The number of nitrogens with zero attached hydrogens (tertiary/aromatic N) is 1. The van der Waals surface area contributed by atoms with Crippen LogP contribution in [0.5, 0.6) is 0 Å². The van der Waals surface area contributed by atoms with Gasteiger partial charge in [0, 0.05) is 24.0 Å². The van der Waals surface area contributed by atoms with Crippen molar-refractivity contribution in [1.29, 1.82) is 0 Å². The number of rotatable bonds is 3. The first-order chi connectivity index (χ1) is 11.5. The number of benzene rings is 1. The Balaban J connectivity index is 1.68. The van der Waals surface area contributed by atoms with Crippen LogP contribution in [0.15, 0.2) is 30.5 Å². The van der Waals surface area contributed by atoms with Crippen LogP contribution in [0.4, 0.5) is 8.78 Å². The number of carbonyl (C=O) groups excluding carboxylic acids is 1. The Morgan fingerprint density at radius 3 is 2.79 bits per heavy atom. The van der Waals surface area contributed by atoms with Crippen LogP contribution in [-0.4, -0.2) is 33.5 Å². The minimum Gasteiger partial charge on any atom is -0.391 e. The predicted molar refractivity (Wildman–Crippen MR) is 83.5 cm³/mol. The predicted octanol–water partition coefficient (Wildman–Crippen LogP) is 3.12. The Labute approximate surface area is 138 Å². The third kappa shape index (κ3) is 2.60. The number of nitrogens with one attached hydrogen (secondary N) is 1. The lowest BCUT2D eigenvalue weighted by atomic mass is 10.0. The highest BCUT2D eigenvalue weighted by atomic mass is 19.1. The Kier molecular flexibility index (Phi) is 3.64. The summed E-state index contributed by atoms with van der Waals surface area (Å²) in [7, 11) is 0. The van der Waals surface area contributed by atoms with Gasteiger partial charge in [0.1, 0.15) is 11.6 Å². The van der Waals surface area contributed by atoms with Crippen molar-refractivity contribution in [2.45, 2.75) is 37.3 Å². The minimum absolute atomic E-state index is 0.114. The Bertz CT molecular complexity index is 785. The molecular weight excluding hydrogens is 314 g/mol. The lowest BCUT2D eigenvalue weighted by Gasteiger charge is -2.25. The standard InChI is InChI=1S/C18H18F2N2O2/c19-11-3-4-15(20)14(7-11)16-8-12(23)9-22(16)18(24)13-5-6-21-17(13)10-1-2-10/h3-7,10,12,16,21,23H,1-2,8-9H2. The fraction of sp³-hybridized carbons (Fsp3) is 0.389. The first kappa shape index (κ1) is 15.3. The molecule has 1 aliphatic carbocycles. The van der Waals surface area contributed by atoms with Gasteiger partial charge in [0.2, 0.25) is 0 Å². The summed E-state index contributed by atoms with van der Waals surface area (Å²) in [4.78, 5) is 17.5. The third-order valence-electron chi connectivity index (χ3n) is 4.85. The lowest BCUT2D eigenvalue weighted by molar-refractivity contribution is 0.0712. The van der Waals surface area contributed by atoms with E-state index in [9.17, 15) is 18.7 Å². The second-order valence-electron chi connectivity index (χ2n) is 6.61. The van der Waals surface area contributed by atoms with Gasteiger partial charge >= 0.3 is 0 Å². The molecule has 126 valence electrons. The van der Waals surface area contributed by atoms with Gasteiger partial charge in [-0.3, -0.25) is 4.79 Å². The zero-order chi connectivity index (χ0) is 16.8. The maximum absolute atomic E-state index is 14.2. The van der Waals surface area contributed by atoms with E-state index in [0.29, 0.717) is 11.5 Å². The summed E-state index contributed by atoms with van der Waals surface area (Å²) < 4.78 is 27.7. The summed E-state index contributed by atoms with van der Waals surface area (Å²) in [6.07, 6.45) is 3.28. The summed E-state index contributed by atoms with van der Waals surface area (Å²) >= 11 is 0. The van der Waals surface area contributed by atoms with Crippen molar-refractivity contribution < 1.29 is 18.7 Å². The van der Waals surface area contributed by atoms with E-state index in [4.69, 9.17) is 0 Å². The second kappa shape index (κ2) is 5.70. The molecule has 1 aromatic carbocycles. The van der Waals surface area contributed by atoms with Gasteiger partial charge in [-0.05, 0) is 49.4 Å². The molecule has 1 saturated carbocycles. The molecule has 2 N–H and O–H groups in total. The molecule has 0 radical (unpaired) electrons. The molecular formula is C18H18F2N2O2. The number of hydrogen-bond acceptors (Lipinski definition) is 2. The summed E-state index contributed by atoms with van der Waals surface area (Å²) in [5, 5.41) is 10.0. The monoisotopic (exact) mass is 332 g/mol. The highest BCUT2D eigenvalue weighted by molar-refractivity contribution is 5.96. The number of aliphatic hydroxyl groups excluding tert-OH is 1. The lowest BCUT2D eigenvalue weighted by Crippen LogP contribution is -2.32. The van der Waals surface area contributed by atoms with Gasteiger partial charge < -0.3 is 15.0 Å². The molecule has 1 aromatic heterocycles. The van der Waals surface area contributed by atoms with E-state index in [0.717, 1.165) is 36.7 Å². The largest absolute Gasteiger partial charge is 0.391 e. The van der Waals surface area contributed by atoms with Crippen LogP contribution in [0.2, 0.25) is 0 Å². The molecule has 1 amide bonds. The molecule has 1 saturated heterocycles. The number of likely N-dealkylation sites (tertiary alicyclic amines) is 1. The molecule has 24 heavy (non-hydrogen) atoms. The van der Waals surface area contributed by atoms with Gasteiger partial charge in [0.05, 0.1) is 17.7 Å². The van der Waals surface area contributed by atoms with Gasteiger partial charge in [0.25, 0.3) is 5.91 Å². The number of aromatic nitrogens is 1. The third-order valence-corrected chi connectivity index (χ3v) is 4.85. The quantitative estimate of drug-likeness (QED) is 0.907. The molecule has 2 atom stereocenters. The fourth-order valence-electron chi connectivity index (χ4n) is 3.54. The number of amides is 1. The number of hydrogen-bond donors (Lipinski definition) is 2. The number of carbonyl (C=O) groups is 1. The number of H-pyrrole nitrogens is 1. The van der Waals surface area contributed by atoms with Crippen LogP contribution in [0.1, 0.15) is 52.8 Å². The number of β-amino-alcohol motifs (C(OH)–C–C–N with tert-alkyl or cyclic N) is 1. The number of aliphatic hydroxyl groups is 1. The maximum Gasteiger partial charge on any atom is 0.256 e. The normalized spacial score (nSPS) is 23.7. The van der Waals surface area contributed by atoms with E-state index in [1.54, 1.807) is 12.3 Å². The van der Waals surface area contributed by atoms with Crippen LogP contribution < -0.4 is 0 Å². The average molecular weight is 332 g/mol. The molecule has 2 aliphatic rings. The fourth-order valence-corrected chi connectivity index (χ4v) is 3.54. The van der Waals surface area contributed by atoms with Crippen molar-refractivity contribution in [3.8, 4) is 0 Å². The summed E-state index contributed by atoms with van der Waals surface area (Å²) in [5.41, 5.74) is 1.58. The molecule has 2 unspecified atom stereocenters. The number of aromatic amines is 1. The van der Waals surface area contributed by atoms with E-state index in [1.165, 1.54) is 4.90 Å². The van der Waals surface area contributed by atoms with Crippen molar-refractivity contribution in [2.75, 3.05) is 6.54 Å². The molecule has 0 spiro atoms.